The van der Waals surface area contributed by atoms with Crippen molar-refractivity contribution in [2.45, 2.75) is 0 Å². The average molecular weight is 345 g/mol. The molecule has 7 nitrogen and oxygen atoms in total. The molecule has 0 fully saturated rings. The number of nitrogens with zero attached hydrogens (tertiary/aromatic N) is 5. The number of halogens is 1. The van der Waals surface area contributed by atoms with Gasteiger partial charge in [0.15, 0.2) is 0 Å². The van der Waals surface area contributed by atoms with Gasteiger partial charge in [0.2, 0.25) is 5.95 Å². The lowest BCUT2D eigenvalue weighted by molar-refractivity contribution is 0.102. The molecule has 3 aromatic heterocycles. The van der Waals surface area contributed by atoms with Gasteiger partial charge in [-0.3, -0.25) is 9.78 Å². The molecule has 8 heteroatoms. The van der Waals surface area contributed by atoms with Crippen molar-refractivity contribution in [3.05, 3.63) is 59.3 Å². The highest BCUT2D eigenvalue weighted by Gasteiger charge is 2.09. The molecule has 0 spiro atoms. The van der Waals surface area contributed by atoms with Crippen molar-refractivity contribution in [2.24, 2.45) is 0 Å². The fourth-order valence-electron chi connectivity index (χ4n) is 1.65. The number of anilines is 1. The molecule has 3 heterocycles. The summed E-state index contributed by atoms with van der Waals surface area (Å²) in [4.78, 5) is 24.2. The highest BCUT2D eigenvalue weighted by molar-refractivity contribution is 9.10. The summed E-state index contributed by atoms with van der Waals surface area (Å²) in [5.41, 5.74) is 1.00. The second kappa shape index (κ2) is 5.80. The number of pyridine rings is 1. The quantitative estimate of drug-likeness (QED) is 0.785. The average Bonchev–Trinajstić information content (AvgIpc) is 2.97. The lowest BCUT2D eigenvalue weighted by Crippen LogP contribution is -2.11. The summed E-state index contributed by atoms with van der Waals surface area (Å²) >= 11 is 3.28. The lowest BCUT2D eigenvalue weighted by Gasteiger charge is -2.02. The first-order valence-electron chi connectivity index (χ1n) is 5.96. The summed E-state index contributed by atoms with van der Waals surface area (Å²) in [5.74, 6) is 0.166. The zero-order valence-corrected chi connectivity index (χ0v) is 12.2. The monoisotopic (exact) mass is 344 g/mol. The molecular weight excluding hydrogens is 336 g/mol. The van der Waals surface area contributed by atoms with E-state index in [1.54, 1.807) is 36.9 Å². The first kappa shape index (κ1) is 13.4. The molecule has 21 heavy (non-hydrogen) atoms. The van der Waals surface area contributed by atoms with Gasteiger partial charge in [0.05, 0.1) is 23.6 Å². The summed E-state index contributed by atoms with van der Waals surface area (Å²) in [6, 6.07) is 3.41. The number of hydrogen-bond acceptors (Lipinski definition) is 5. The molecule has 0 aliphatic heterocycles. The predicted octanol–water partition coefficient (Wildman–Crippen LogP) is 2.07. The highest BCUT2D eigenvalue weighted by Crippen LogP contribution is 2.13. The number of rotatable bonds is 3. The Balaban J connectivity index is 1.77. The molecule has 3 aromatic rings. The Morgan fingerprint density at radius 2 is 2.00 bits per heavy atom. The molecule has 0 aliphatic carbocycles. The first-order chi connectivity index (χ1) is 10.2. The van der Waals surface area contributed by atoms with Gasteiger partial charge in [0, 0.05) is 29.3 Å². The molecule has 0 radical (unpaired) electrons. The number of aromatic nitrogens is 5. The number of carbonyl (C=O) groups excluding carboxylic acids is 1. The van der Waals surface area contributed by atoms with Gasteiger partial charge in [-0.15, -0.1) is 0 Å². The van der Waals surface area contributed by atoms with E-state index in [1.165, 1.54) is 17.1 Å². The van der Waals surface area contributed by atoms with Crippen LogP contribution in [0.1, 0.15) is 10.4 Å². The topological polar surface area (TPSA) is 85.6 Å². The molecule has 0 atom stereocenters. The molecule has 1 amide bonds. The number of hydrogen-bond donors (Lipinski definition) is 1. The second-order valence-electron chi connectivity index (χ2n) is 4.07. The summed E-state index contributed by atoms with van der Waals surface area (Å²) in [6.07, 6.45) is 9.51. The van der Waals surface area contributed by atoms with Crippen LogP contribution in [0.2, 0.25) is 0 Å². The fraction of sp³-hybridized carbons (Fsp3) is 0. The maximum atomic E-state index is 12.1. The van der Waals surface area contributed by atoms with Crippen LogP contribution in [0.3, 0.4) is 0 Å². The van der Waals surface area contributed by atoms with E-state index < -0.39 is 0 Å². The van der Waals surface area contributed by atoms with E-state index in [0.29, 0.717) is 17.2 Å². The molecule has 104 valence electrons. The summed E-state index contributed by atoms with van der Waals surface area (Å²) < 4.78 is 2.22. The third-order valence-electron chi connectivity index (χ3n) is 2.56. The summed E-state index contributed by atoms with van der Waals surface area (Å²) in [5, 5.41) is 6.84. The molecule has 1 N–H and O–H groups in total. The van der Waals surface area contributed by atoms with Gasteiger partial charge in [-0.2, -0.15) is 5.10 Å². The Hall–Kier alpha value is -2.61. The molecular formula is C13H9BrN6O. The van der Waals surface area contributed by atoms with Gasteiger partial charge in [-0.1, -0.05) is 0 Å². The van der Waals surface area contributed by atoms with E-state index in [4.69, 9.17) is 0 Å². The van der Waals surface area contributed by atoms with E-state index >= 15 is 0 Å². The zero-order valence-electron chi connectivity index (χ0n) is 10.6. The highest BCUT2D eigenvalue weighted by atomic mass is 79.9. The smallest absolute Gasteiger partial charge is 0.257 e. The Labute approximate surface area is 128 Å². The van der Waals surface area contributed by atoms with Crippen LogP contribution in [0.5, 0.6) is 0 Å². The standard InChI is InChI=1S/C13H9BrN6O/c14-10-4-9(5-15-6-10)12(21)19-11-7-18-20(8-11)13-16-2-1-3-17-13/h1-8H,(H,19,21). The van der Waals surface area contributed by atoms with Crippen molar-refractivity contribution >= 4 is 27.5 Å². The van der Waals surface area contributed by atoms with E-state index in [9.17, 15) is 4.79 Å². The summed E-state index contributed by atoms with van der Waals surface area (Å²) in [6.45, 7) is 0. The van der Waals surface area contributed by atoms with E-state index in [0.717, 1.165) is 4.47 Å². The Morgan fingerprint density at radius 3 is 2.76 bits per heavy atom. The predicted molar refractivity (Wildman–Crippen MR) is 79.0 cm³/mol. The SMILES string of the molecule is O=C(Nc1cnn(-c2ncccn2)c1)c1cncc(Br)c1. The van der Waals surface area contributed by atoms with Gasteiger partial charge >= 0.3 is 0 Å². The van der Waals surface area contributed by atoms with Gasteiger partial charge in [-0.05, 0) is 28.1 Å². The van der Waals surface area contributed by atoms with Crippen LogP contribution in [0, 0.1) is 0 Å². The van der Waals surface area contributed by atoms with Gasteiger partial charge < -0.3 is 5.32 Å². The zero-order chi connectivity index (χ0) is 14.7. The minimum atomic E-state index is -0.266. The van der Waals surface area contributed by atoms with Crippen molar-refractivity contribution in [2.75, 3.05) is 5.32 Å². The molecule has 0 aliphatic rings. The van der Waals surface area contributed by atoms with Gasteiger partial charge in [-0.25, -0.2) is 14.6 Å². The minimum absolute atomic E-state index is 0.266. The van der Waals surface area contributed by atoms with Crippen LogP contribution in [-0.4, -0.2) is 30.6 Å². The van der Waals surface area contributed by atoms with Crippen LogP contribution in [0.25, 0.3) is 5.95 Å². The van der Waals surface area contributed by atoms with Crippen molar-refractivity contribution < 1.29 is 4.79 Å². The Bertz CT molecular complexity index is 773. The van der Waals surface area contributed by atoms with Crippen LogP contribution >= 0.6 is 15.9 Å². The van der Waals surface area contributed by atoms with Crippen LogP contribution in [0.4, 0.5) is 5.69 Å². The molecule has 0 saturated carbocycles. The molecule has 0 bridgehead atoms. The van der Waals surface area contributed by atoms with Crippen molar-refractivity contribution in [3.63, 3.8) is 0 Å². The van der Waals surface area contributed by atoms with Gasteiger partial charge in [0.25, 0.3) is 5.91 Å². The molecule has 0 unspecified atom stereocenters. The van der Waals surface area contributed by atoms with Crippen molar-refractivity contribution in [1.82, 2.24) is 24.7 Å². The maximum Gasteiger partial charge on any atom is 0.257 e. The normalized spacial score (nSPS) is 10.3. The minimum Gasteiger partial charge on any atom is -0.319 e. The molecule has 3 rings (SSSR count). The molecule has 0 saturated heterocycles. The third-order valence-corrected chi connectivity index (χ3v) is 3.00. The van der Waals surface area contributed by atoms with Gasteiger partial charge in [0.1, 0.15) is 0 Å². The second-order valence-corrected chi connectivity index (χ2v) is 4.98. The van der Waals surface area contributed by atoms with Crippen molar-refractivity contribution in [3.8, 4) is 5.95 Å². The van der Waals surface area contributed by atoms with Crippen LogP contribution in [0.15, 0.2) is 53.8 Å². The first-order valence-corrected chi connectivity index (χ1v) is 6.75. The van der Waals surface area contributed by atoms with Crippen LogP contribution < -0.4 is 5.32 Å². The van der Waals surface area contributed by atoms with Crippen molar-refractivity contribution in [1.29, 1.82) is 0 Å². The number of amides is 1. The van der Waals surface area contributed by atoms with Crippen LogP contribution in [-0.2, 0) is 0 Å². The lowest BCUT2D eigenvalue weighted by atomic mass is 10.2. The van der Waals surface area contributed by atoms with E-state index in [-0.39, 0.29) is 5.91 Å². The molecule has 0 aromatic carbocycles. The Morgan fingerprint density at radius 1 is 1.19 bits per heavy atom. The Kier molecular flexibility index (Phi) is 3.69. The summed E-state index contributed by atoms with van der Waals surface area (Å²) in [7, 11) is 0. The van der Waals surface area contributed by atoms with E-state index in [2.05, 4.69) is 41.3 Å². The number of nitrogens with one attached hydrogen (secondary N) is 1. The maximum absolute atomic E-state index is 12.1. The van der Waals surface area contributed by atoms with E-state index in [1.807, 2.05) is 0 Å². The number of carbonyl (C=O) groups is 1. The largest absolute Gasteiger partial charge is 0.319 e. The fourth-order valence-corrected chi connectivity index (χ4v) is 2.01. The third kappa shape index (κ3) is 3.11.